The fraction of sp³-hybridized carbons (Fsp3) is 0.174. The fourth-order valence-electron chi connectivity index (χ4n) is 3.25. The van der Waals surface area contributed by atoms with Crippen LogP contribution in [0.4, 0.5) is 0 Å². The van der Waals surface area contributed by atoms with Crippen molar-refractivity contribution in [1.29, 1.82) is 0 Å². The van der Waals surface area contributed by atoms with Crippen molar-refractivity contribution in [2.24, 2.45) is 0 Å². The third kappa shape index (κ3) is 2.46. The number of para-hydroxylation sites is 1. The Bertz CT molecular complexity index is 1020. The van der Waals surface area contributed by atoms with E-state index in [1.54, 1.807) is 0 Å². The van der Waals surface area contributed by atoms with E-state index in [1.165, 1.54) is 27.3 Å². The fourth-order valence-corrected chi connectivity index (χ4v) is 3.25. The molecule has 0 fully saturated rings. The van der Waals surface area contributed by atoms with Crippen LogP contribution in [0.5, 0.6) is 0 Å². The molecule has 0 amide bonds. The predicted molar refractivity (Wildman–Crippen MR) is 103 cm³/mol. The van der Waals surface area contributed by atoms with E-state index in [9.17, 15) is 0 Å². The van der Waals surface area contributed by atoms with Crippen LogP contribution in [0, 0.1) is 0 Å². The van der Waals surface area contributed by atoms with Crippen molar-refractivity contribution in [3.8, 4) is 11.3 Å². The monoisotopic (exact) mass is 311 g/mol. The summed E-state index contributed by atoms with van der Waals surface area (Å²) < 4.78 is 0. The maximum absolute atomic E-state index is 4.97. The van der Waals surface area contributed by atoms with Crippen molar-refractivity contribution < 1.29 is 0 Å². The van der Waals surface area contributed by atoms with Gasteiger partial charge < -0.3 is 0 Å². The second kappa shape index (κ2) is 5.45. The number of aromatic nitrogens is 1. The van der Waals surface area contributed by atoms with Crippen LogP contribution >= 0.6 is 0 Å². The molecule has 118 valence electrons. The molecule has 0 radical (unpaired) electrons. The maximum atomic E-state index is 4.97. The summed E-state index contributed by atoms with van der Waals surface area (Å²) in [6.45, 7) is 6.73. The van der Waals surface area contributed by atoms with Crippen LogP contribution < -0.4 is 0 Å². The number of nitrogens with zero attached hydrogens (tertiary/aromatic N) is 1. The number of benzene rings is 3. The van der Waals surface area contributed by atoms with Crippen LogP contribution in [0.15, 0.2) is 72.8 Å². The first-order chi connectivity index (χ1) is 11.5. The molecule has 0 unspecified atom stereocenters. The molecular weight excluding hydrogens is 290 g/mol. The van der Waals surface area contributed by atoms with Crippen LogP contribution in [0.2, 0.25) is 0 Å². The van der Waals surface area contributed by atoms with E-state index < -0.39 is 0 Å². The first-order valence-corrected chi connectivity index (χ1v) is 8.42. The van der Waals surface area contributed by atoms with Gasteiger partial charge in [-0.25, -0.2) is 4.98 Å². The minimum atomic E-state index is 0.164. The second-order valence-electron chi connectivity index (χ2n) is 7.35. The molecular formula is C23H21N. The highest BCUT2D eigenvalue weighted by atomic mass is 14.7. The van der Waals surface area contributed by atoms with Gasteiger partial charge in [0, 0.05) is 16.3 Å². The maximum Gasteiger partial charge on any atom is 0.0788 e. The van der Waals surface area contributed by atoms with Gasteiger partial charge in [-0.2, -0.15) is 0 Å². The Labute approximate surface area is 143 Å². The highest BCUT2D eigenvalue weighted by Crippen LogP contribution is 2.33. The number of hydrogen-bond donors (Lipinski definition) is 0. The molecule has 1 heterocycles. The van der Waals surface area contributed by atoms with Crippen LogP contribution in [0.1, 0.15) is 26.3 Å². The van der Waals surface area contributed by atoms with E-state index in [2.05, 4.69) is 93.6 Å². The van der Waals surface area contributed by atoms with Gasteiger partial charge in [-0.1, -0.05) is 87.5 Å². The SMILES string of the molecule is CC(C)(C)c1ccc(-c2nc3ccccc3c3ccccc23)cc1. The Balaban J connectivity index is 1.98. The summed E-state index contributed by atoms with van der Waals surface area (Å²) in [4.78, 5) is 4.97. The van der Waals surface area contributed by atoms with Gasteiger partial charge >= 0.3 is 0 Å². The molecule has 0 spiro atoms. The topological polar surface area (TPSA) is 12.9 Å². The van der Waals surface area contributed by atoms with E-state index in [1.807, 2.05) is 0 Å². The highest BCUT2D eigenvalue weighted by Gasteiger charge is 2.14. The quantitative estimate of drug-likeness (QED) is 0.373. The van der Waals surface area contributed by atoms with E-state index in [0.717, 1.165) is 11.2 Å². The molecule has 1 aromatic heterocycles. The molecule has 0 aliphatic rings. The Morgan fingerprint density at radius 3 is 1.88 bits per heavy atom. The van der Waals surface area contributed by atoms with Crippen molar-refractivity contribution in [1.82, 2.24) is 4.98 Å². The lowest BCUT2D eigenvalue weighted by Gasteiger charge is -2.19. The van der Waals surface area contributed by atoms with Crippen molar-refractivity contribution >= 4 is 21.7 Å². The molecule has 3 aromatic carbocycles. The zero-order valence-electron chi connectivity index (χ0n) is 14.4. The van der Waals surface area contributed by atoms with Crippen molar-refractivity contribution in [3.63, 3.8) is 0 Å². The largest absolute Gasteiger partial charge is 0.247 e. The number of fused-ring (bicyclic) bond motifs is 3. The lowest BCUT2D eigenvalue weighted by molar-refractivity contribution is 0.590. The van der Waals surface area contributed by atoms with Crippen molar-refractivity contribution in [2.45, 2.75) is 26.2 Å². The predicted octanol–water partition coefficient (Wildman–Crippen LogP) is 6.35. The number of rotatable bonds is 1. The van der Waals surface area contributed by atoms with Crippen LogP contribution in [0.25, 0.3) is 32.9 Å². The highest BCUT2D eigenvalue weighted by molar-refractivity contribution is 6.10. The third-order valence-corrected chi connectivity index (χ3v) is 4.63. The van der Waals surface area contributed by atoms with Gasteiger partial charge in [0.05, 0.1) is 11.2 Å². The summed E-state index contributed by atoms with van der Waals surface area (Å²) in [7, 11) is 0. The molecule has 0 saturated carbocycles. The van der Waals surface area contributed by atoms with Crippen LogP contribution in [-0.2, 0) is 5.41 Å². The molecule has 1 heteroatoms. The van der Waals surface area contributed by atoms with Crippen LogP contribution in [0.3, 0.4) is 0 Å². The van der Waals surface area contributed by atoms with Crippen molar-refractivity contribution in [3.05, 3.63) is 78.4 Å². The van der Waals surface area contributed by atoms with Crippen molar-refractivity contribution in [2.75, 3.05) is 0 Å². The van der Waals surface area contributed by atoms with Gasteiger partial charge in [0.25, 0.3) is 0 Å². The lowest BCUT2D eigenvalue weighted by Crippen LogP contribution is -2.10. The Hall–Kier alpha value is -2.67. The molecule has 4 aromatic rings. The van der Waals surface area contributed by atoms with Gasteiger partial charge in [0.15, 0.2) is 0 Å². The average Bonchev–Trinajstić information content (AvgIpc) is 2.60. The summed E-state index contributed by atoms with van der Waals surface area (Å²) in [5.41, 5.74) is 4.79. The summed E-state index contributed by atoms with van der Waals surface area (Å²) in [6.07, 6.45) is 0. The third-order valence-electron chi connectivity index (χ3n) is 4.63. The minimum absolute atomic E-state index is 0.164. The molecule has 1 nitrogen and oxygen atoms in total. The first kappa shape index (κ1) is 14.9. The van der Waals surface area contributed by atoms with Gasteiger partial charge in [-0.15, -0.1) is 0 Å². The summed E-state index contributed by atoms with van der Waals surface area (Å²) in [6, 6.07) is 25.8. The summed E-state index contributed by atoms with van der Waals surface area (Å²) >= 11 is 0. The second-order valence-corrected chi connectivity index (χ2v) is 7.35. The molecule has 0 bridgehead atoms. The number of hydrogen-bond acceptors (Lipinski definition) is 1. The summed E-state index contributed by atoms with van der Waals surface area (Å²) in [5, 5.41) is 3.68. The van der Waals surface area contributed by atoms with E-state index >= 15 is 0 Å². The van der Waals surface area contributed by atoms with Crippen LogP contribution in [-0.4, -0.2) is 4.98 Å². The zero-order chi connectivity index (χ0) is 16.7. The molecule has 0 saturated heterocycles. The Morgan fingerprint density at radius 2 is 1.21 bits per heavy atom. The molecule has 4 rings (SSSR count). The van der Waals surface area contributed by atoms with Gasteiger partial charge in [0.1, 0.15) is 0 Å². The Morgan fingerprint density at radius 1 is 0.625 bits per heavy atom. The molecule has 0 aliphatic carbocycles. The van der Waals surface area contributed by atoms with E-state index in [4.69, 9.17) is 4.98 Å². The standard InChI is InChI=1S/C23H21N/c1-23(2,3)17-14-12-16(13-15-17)22-20-10-5-4-8-18(20)19-9-6-7-11-21(19)24-22/h4-15H,1-3H3. The normalized spacial score (nSPS) is 12.0. The molecule has 0 aliphatic heterocycles. The Kier molecular flexibility index (Phi) is 3.38. The first-order valence-electron chi connectivity index (χ1n) is 8.42. The summed E-state index contributed by atoms with van der Waals surface area (Å²) in [5.74, 6) is 0. The van der Waals surface area contributed by atoms with Gasteiger partial charge in [-0.3, -0.25) is 0 Å². The zero-order valence-corrected chi connectivity index (χ0v) is 14.4. The molecule has 0 atom stereocenters. The minimum Gasteiger partial charge on any atom is -0.247 e. The van der Waals surface area contributed by atoms with Gasteiger partial charge in [-0.05, 0) is 22.4 Å². The molecule has 0 N–H and O–H groups in total. The smallest absolute Gasteiger partial charge is 0.0788 e. The lowest BCUT2D eigenvalue weighted by atomic mass is 9.86. The van der Waals surface area contributed by atoms with Gasteiger partial charge in [0.2, 0.25) is 0 Å². The average molecular weight is 311 g/mol. The van der Waals surface area contributed by atoms with E-state index in [0.29, 0.717) is 0 Å². The van der Waals surface area contributed by atoms with E-state index in [-0.39, 0.29) is 5.41 Å². The molecule has 24 heavy (non-hydrogen) atoms. The number of pyridine rings is 1.